The fraction of sp³-hybridized carbons (Fsp3) is 0.400. The second-order valence-corrected chi connectivity index (χ2v) is 9.35. The zero-order valence-corrected chi connectivity index (χ0v) is 21.6. The van der Waals surface area contributed by atoms with Gasteiger partial charge >= 0.3 is 0 Å². The van der Waals surface area contributed by atoms with Gasteiger partial charge in [0.05, 0.1) is 29.8 Å². The Morgan fingerprint density at radius 3 is 2.92 bits per heavy atom. The number of likely N-dealkylation sites (N-methyl/N-ethyl adjacent to an activating group) is 1. The number of alkyl halides is 1. The number of hydrogen-bond donors (Lipinski definition) is 2. The minimum Gasteiger partial charge on any atom is -0.490 e. The molecule has 36 heavy (non-hydrogen) atoms. The molecule has 1 atom stereocenters. The van der Waals surface area contributed by atoms with E-state index in [4.69, 9.17) is 32.7 Å². The van der Waals surface area contributed by atoms with Crippen LogP contribution >= 0.6 is 23.2 Å². The number of halogens is 3. The number of carbonyl (C=O) groups is 1. The summed E-state index contributed by atoms with van der Waals surface area (Å²) in [5.74, 6) is 1.39. The molecule has 4 rings (SSSR count). The molecule has 0 radical (unpaired) electrons. The number of carbonyl (C=O) groups excluding carboxylic acids is 1. The lowest BCUT2D eigenvalue weighted by molar-refractivity contribution is -0.125. The first-order valence-corrected chi connectivity index (χ1v) is 12.6. The molecule has 3 aromatic rings. The van der Waals surface area contributed by atoms with E-state index in [0.717, 1.165) is 0 Å². The first kappa shape index (κ1) is 26.2. The van der Waals surface area contributed by atoms with Crippen LogP contribution < -0.4 is 20.1 Å². The molecular formula is C25H28Cl2FN5O3. The van der Waals surface area contributed by atoms with Crippen molar-refractivity contribution in [1.82, 2.24) is 20.2 Å². The van der Waals surface area contributed by atoms with Crippen LogP contribution in [0, 0.1) is 5.82 Å². The summed E-state index contributed by atoms with van der Waals surface area (Å²) in [5.41, 5.74) is 1.84. The Balaban J connectivity index is 1.80. The van der Waals surface area contributed by atoms with Crippen molar-refractivity contribution in [2.45, 2.75) is 32.4 Å². The number of aromatic nitrogens is 2. The van der Waals surface area contributed by atoms with Gasteiger partial charge in [-0.05, 0) is 50.6 Å². The number of rotatable bonds is 4. The molecule has 0 fully saturated rings. The molecule has 2 bridgehead atoms. The molecule has 1 aromatic heterocycles. The number of amides is 1. The highest BCUT2D eigenvalue weighted by atomic mass is 35.5. The third kappa shape index (κ3) is 6.08. The quantitative estimate of drug-likeness (QED) is 0.363. The lowest BCUT2D eigenvalue weighted by atomic mass is 10.1. The van der Waals surface area contributed by atoms with E-state index in [2.05, 4.69) is 20.6 Å². The van der Waals surface area contributed by atoms with Crippen LogP contribution in [0.1, 0.15) is 25.3 Å². The molecular weight excluding hydrogens is 508 g/mol. The SMILES string of the molecule is C[C@@H]1C(=O)NCCCOc2cc3c(ncnc3cc2OCCCCl)Nc2cc(Cl)c(F)cc2CN1C. The molecule has 2 heterocycles. The summed E-state index contributed by atoms with van der Waals surface area (Å²) >= 11 is 11.9. The van der Waals surface area contributed by atoms with Gasteiger partial charge in [0.2, 0.25) is 5.91 Å². The molecule has 192 valence electrons. The molecule has 1 aliphatic heterocycles. The highest BCUT2D eigenvalue weighted by molar-refractivity contribution is 6.31. The third-order valence-electron chi connectivity index (χ3n) is 5.97. The van der Waals surface area contributed by atoms with Crippen molar-refractivity contribution < 1.29 is 18.7 Å². The molecule has 2 aromatic carbocycles. The van der Waals surface area contributed by atoms with Crippen molar-refractivity contribution in [3.63, 3.8) is 0 Å². The second kappa shape index (κ2) is 11.9. The van der Waals surface area contributed by atoms with Gasteiger partial charge < -0.3 is 20.1 Å². The lowest BCUT2D eigenvalue weighted by Gasteiger charge is -2.25. The Labute approximate surface area is 219 Å². The van der Waals surface area contributed by atoms with Crippen LogP contribution in [0.5, 0.6) is 11.5 Å². The van der Waals surface area contributed by atoms with Crippen LogP contribution in [0.2, 0.25) is 5.02 Å². The molecule has 8 nitrogen and oxygen atoms in total. The summed E-state index contributed by atoms with van der Waals surface area (Å²) in [4.78, 5) is 23.3. The topological polar surface area (TPSA) is 88.6 Å². The number of fused-ring (bicyclic) bond motifs is 2. The van der Waals surface area contributed by atoms with E-state index < -0.39 is 11.9 Å². The predicted octanol–water partition coefficient (Wildman–Crippen LogP) is 4.89. The van der Waals surface area contributed by atoms with Gasteiger partial charge in [0.15, 0.2) is 11.5 Å². The van der Waals surface area contributed by atoms with Gasteiger partial charge in [-0.2, -0.15) is 0 Å². The molecule has 1 aliphatic rings. The van der Waals surface area contributed by atoms with E-state index in [-0.39, 0.29) is 10.9 Å². The van der Waals surface area contributed by atoms with Crippen LogP contribution in [0.3, 0.4) is 0 Å². The number of benzene rings is 2. The van der Waals surface area contributed by atoms with Gasteiger partial charge in [0.1, 0.15) is 18.0 Å². The Morgan fingerprint density at radius 2 is 2.11 bits per heavy atom. The summed E-state index contributed by atoms with van der Waals surface area (Å²) in [6.07, 6.45) is 2.72. The maximum Gasteiger partial charge on any atom is 0.237 e. The highest BCUT2D eigenvalue weighted by Gasteiger charge is 2.21. The van der Waals surface area contributed by atoms with Crippen molar-refractivity contribution in [3.05, 3.63) is 47.0 Å². The van der Waals surface area contributed by atoms with Crippen LogP contribution in [-0.4, -0.2) is 59.5 Å². The average molecular weight is 536 g/mol. The molecule has 2 N–H and O–H groups in total. The largest absolute Gasteiger partial charge is 0.490 e. The zero-order chi connectivity index (χ0) is 25.7. The summed E-state index contributed by atoms with van der Waals surface area (Å²) in [7, 11) is 1.81. The summed E-state index contributed by atoms with van der Waals surface area (Å²) < 4.78 is 26.4. The molecule has 0 saturated heterocycles. The normalized spacial score (nSPS) is 17.2. The van der Waals surface area contributed by atoms with Crippen molar-refractivity contribution in [2.75, 3.05) is 38.0 Å². The van der Waals surface area contributed by atoms with E-state index in [0.29, 0.717) is 84.5 Å². The smallest absolute Gasteiger partial charge is 0.237 e. The highest BCUT2D eigenvalue weighted by Crippen LogP contribution is 2.36. The van der Waals surface area contributed by atoms with E-state index in [1.165, 1.54) is 18.5 Å². The monoisotopic (exact) mass is 535 g/mol. The Bertz CT molecular complexity index is 1250. The molecule has 0 aliphatic carbocycles. The number of anilines is 2. The van der Waals surface area contributed by atoms with Crippen LogP contribution in [0.4, 0.5) is 15.9 Å². The molecule has 0 saturated carbocycles. The van der Waals surface area contributed by atoms with E-state index in [1.54, 1.807) is 13.0 Å². The first-order valence-electron chi connectivity index (χ1n) is 11.7. The summed E-state index contributed by atoms with van der Waals surface area (Å²) in [5, 5.41) is 6.89. The number of ether oxygens (including phenoxy) is 2. The molecule has 11 heteroatoms. The van der Waals surface area contributed by atoms with Crippen LogP contribution in [0.25, 0.3) is 10.9 Å². The van der Waals surface area contributed by atoms with Crippen molar-refractivity contribution in [3.8, 4) is 11.5 Å². The number of nitrogens with one attached hydrogen (secondary N) is 2. The van der Waals surface area contributed by atoms with E-state index in [9.17, 15) is 9.18 Å². The van der Waals surface area contributed by atoms with Crippen LogP contribution in [-0.2, 0) is 11.3 Å². The van der Waals surface area contributed by atoms with Gasteiger partial charge in [0, 0.05) is 36.1 Å². The minimum absolute atomic E-state index is 0.0264. The fourth-order valence-corrected chi connectivity index (χ4v) is 4.08. The molecule has 0 spiro atoms. The number of nitrogens with zero attached hydrogens (tertiary/aromatic N) is 3. The van der Waals surface area contributed by atoms with Gasteiger partial charge in [-0.25, -0.2) is 14.4 Å². The second-order valence-electron chi connectivity index (χ2n) is 8.56. The predicted molar refractivity (Wildman–Crippen MR) is 139 cm³/mol. The Morgan fingerprint density at radius 1 is 1.28 bits per heavy atom. The van der Waals surface area contributed by atoms with Gasteiger partial charge in [-0.15, -0.1) is 11.6 Å². The van der Waals surface area contributed by atoms with Crippen molar-refractivity contribution in [1.29, 1.82) is 0 Å². The van der Waals surface area contributed by atoms with Crippen molar-refractivity contribution in [2.24, 2.45) is 0 Å². The van der Waals surface area contributed by atoms with Gasteiger partial charge in [-0.3, -0.25) is 9.69 Å². The Hall–Kier alpha value is -2.88. The maximum atomic E-state index is 14.4. The summed E-state index contributed by atoms with van der Waals surface area (Å²) in [6.45, 7) is 3.36. The minimum atomic E-state index is -0.543. The standard InChI is InChI=1S/C25H28Cl2FN5O3/c1-15-25(34)29-6-4-8-36-22-10-17-21(12-23(22)35-7-3-5-26)30-14-31-24(17)32-20-11-18(27)19(28)9-16(20)13-33(15)2/h9-12,14-15H,3-8,13H2,1-2H3,(H,29,34)(H,30,31,32)/t15-/m1/s1. The lowest BCUT2D eigenvalue weighted by Crippen LogP contribution is -2.43. The zero-order valence-electron chi connectivity index (χ0n) is 20.1. The van der Waals surface area contributed by atoms with Crippen LogP contribution in [0.15, 0.2) is 30.6 Å². The maximum absolute atomic E-state index is 14.4. The van der Waals surface area contributed by atoms with E-state index in [1.807, 2.05) is 18.0 Å². The van der Waals surface area contributed by atoms with Gasteiger partial charge in [-0.1, -0.05) is 11.6 Å². The van der Waals surface area contributed by atoms with E-state index >= 15 is 0 Å². The number of hydrogen-bond acceptors (Lipinski definition) is 7. The molecule has 1 amide bonds. The summed E-state index contributed by atoms with van der Waals surface area (Å²) in [6, 6.07) is 6.06. The fourth-order valence-electron chi connectivity index (χ4n) is 3.81. The average Bonchev–Trinajstić information content (AvgIpc) is 2.86. The first-order chi connectivity index (χ1) is 17.4. The van der Waals surface area contributed by atoms with Crippen molar-refractivity contribution >= 4 is 51.5 Å². The molecule has 0 unspecified atom stereocenters. The third-order valence-corrected chi connectivity index (χ3v) is 6.53. The Kier molecular flexibility index (Phi) is 8.66. The van der Waals surface area contributed by atoms with Gasteiger partial charge in [0.25, 0.3) is 0 Å².